The molecule has 31 heavy (non-hydrogen) atoms. The van der Waals surface area contributed by atoms with Crippen molar-refractivity contribution in [3.8, 4) is 11.5 Å². The summed E-state index contributed by atoms with van der Waals surface area (Å²) in [6, 6.07) is 19.1. The van der Waals surface area contributed by atoms with Gasteiger partial charge in [0.05, 0.1) is 4.90 Å². The topological polar surface area (TPSA) is 90.9 Å². The third kappa shape index (κ3) is 4.87. The zero-order valence-corrected chi connectivity index (χ0v) is 17.6. The van der Waals surface area contributed by atoms with Crippen LogP contribution in [0.5, 0.6) is 11.5 Å². The number of rotatable bonds is 7. The van der Waals surface area contributed by atoms with Gasteiger partial charge in [0, 0.05) is 0 Å². The van der Waals surface area contributed by atoms with Crippen molar-refractivity contribution in [1.82, 2.24) is 4.72 Å². The number of fused-ring (bicyclic) bond motifs is 1. The van der Waals surface area contributed by atoms with Crippen molar-refractivity contribution >= 4 is 16.0 Å². The number of aryl methyl sites for hydroxylation is 1. The molecule has 0 fully saturated rings. The number of sulfonamides is 1. The Labute approximate surface area is 180 Å². The normalized spacial score (nSPS) is 13.6. The molecule has 1 aliphatic rings. The van der Waals surface area contributed by atoms with Crippen molar-refractivity contribution in [2.75, 3.05) is 6.79 Å². The molecule has 0 aromatic heterocycles. The van der Waals surface area contributed by atoms with Crippen molar-refractivity contribution in [2.24, 2.45) is 0 Å². The first-order valence-corrected chi connectivity index (χ1v) is 11.1. The summed E-state index contributed by atoms with van der Waals surface area (Å²) in [6.45, 7) is 1.95. The van der Waals surface area contributed by atoms with Gasteiger partial charge in [0.15, 0.2) is 11.5 Å². The van der Waals surface area contributed by atoms with Crippen LogP contribution in [0.3, 0.4) is 0 Å². The highest BCUT2D eigenvalue weighted by Crippen LogP contribution is 2.35. The fraction of sp³-hybridized carbons (Fsp3) is 0.174. The third-order valence-corrected chi connectivity index (χ3v) is 6.23. The molecule has 0 saturated carbocycles. The molecule has 1 atom stereocenters. The molecule has 0 radical (unpaired) electrons. The first kappa shape index (κ1) is 20.9. The first-order chi connectivity index (χ1) is 14.9. The van der Waals surface area contributed by atoms with Crippen molar-refractivity contribution in [3.05, 3.63) is 89.5 Å². The van der Waals surface area contributed by atoms with Gasteiger partial charge in [0.2, 0.25) is 16.8 Å². The molecule has 0 bridgehead atoms. The average Bonchev–Trinajstić information content (AvgIpc) is 3.25. The summed E-state index contributed by atoms with van der Waals surface area (Å²) < 4.78 is 44.5. The van der Waals surface area contributed by atoms with Crippen LogP contribution >= 0.6 is 0 Å². The number of hydrogen-bond acceptors (Lipinski definition) is 6. The van der Waals surface area contributed by atoms with E-state index in [1.54, 1.807) is 30.3 Å². The summed E-state index contributed by atoms with van der Waals surface area (Å²) in [5.74, 6) is 0.243. The Kier molecular flexibility index (Phi) is 5.92. The van der Waals surface area contributed by atoms with Crippen LogP contribution in [0.15, 0.2) is 77.7 Å². The second kappa shape index (κ2) is 8.79. The van der Waals surface area contributed by atoms with Gasteiger partial charge in [-0.1, -0.05) is 54.1 Å². The molecule has 4 rings (SSSR count). The number of carbonyl (C=O) groups is 1. The summed E-state index contributed by atoms with van der Waals surface area (Å²) in [5.41, 5.74) is 2.10. The molecular weight excluding hydrogens is 418 g/mol. The molecule has 3 aromatic carbocycles. The Morgan fingerprint density at radius 3 is 2.45 bits per heavy atom. The minimum absolute atomic E-state index is 0.0208. The van der Waals surface area contributed by atoms with E-state index < -0.39 is 22.0 Å². The van der Waals surface area contributed by atoms with Crippen LogP contribution in [0.25, 0.3) is 0 Å². The number of nitrogens with one attached hydrogen (secondary N) is 1. The maximum absolute atomic E-state index is 13.0. The maximum atomic E-state index is 13.0. The van der Waals surface area contributed by atoms with E-state index in [1.165, 1.54) is 12.1 Å². The SMILES string of the molecule is Cc1ccc(S(=O)(=O)N[C@H](C(=O)OCc2ccccc2)c2ccc3c(c2)OCO3)cc1. The highest BCUT2D eigenvalue weighted by atomic mass is 32.2. The number of ether oxygens (including phenoxy) is 3. The number of esters is 1. The minimum atomic E-state index is -3.99. The lowest BCUT2D eigenvalue weighted by Gasteiger charge is -2.19. The number of benzene rings is 3. The van der Waals surface area contributed by atoms with Crippen LogP contribution in [0, 0.1) is 6.92 Å². The van der Waals surface area contributed by atoms with Gasteiger partial charge in [0.25, 0.3) is 0 Å². The van der Waals surface area contributed by atoms with Crippen LogP contribution in [-0.2, 0) is 26.2 Å². The van der Waals surface area contributed by atoms with Gasteiger partial charge in [-0.2, -0.15) is 4.72 Å². The Balaban J connectivity index is 1.61. The highest BCUT2D eigenvalue weighted by molar-refractivity contribution is 7.89. The van der Waals surface area contributed by atoms with E-state index in [1.807, 2.05) is 37.3 Å². The lowest BCUT2D eigenvalue weighted by molar-refractivity contribution is -0.147. The van der Waals surface area contributed by atoms with Crippen molar-refractivity contribution in [1.29, 1.82) is 0 Å². The third-order valence-electron chi connectivity index (χ3n) is 4.79. The van der Waals surface area contributed by atoms with Crippen LogP contribution in [-0.4, -0.2) is 21.2 Å². The molecule has 7 nitrogen and oxygen atoms in total. The predicted molar refractivity (Wildman–Crippen MR) is 113 cm³/mol. The monoisotopic (exact) mass is 439 g/mol. The Bertz CT molecular complexity index is 1180. The van der Waals surface area contributed by atoms with E-state index in [0.29, 0.717) is 17.1 Å². The zero-order chi connectivity index (χ0) is 21.8. The van der Waals surface area contributed by atoms with E-state index in [-0.39, 0.29) is 18.3 Å². The van der Waals surface area contributed by atoms with Gasteiger partial charge < -0.3 is 14.2 Å². The number of carbonyl (C=O) groups excluding carboxylic acids is 1. The molecule has 0 aliphatic carbocycles. The molecule has 1 heterocycles. The predicted octanol–water partition coefficient (Wildman–Crippen LogP) is 3.49. The lowest BCUT2D eigenvalue weighted by atomic mass is 10.1. The largest absolute Gasteiger partial charge is 0.459 e. The smallest absolute Gasteiger partial charge is 0.329 e. The van der Waals surface area contributed by atoms with Crippen LogP contribution in [0.1, 0.15) is 22.7 Å². The van der Waals surface area contributed by atoms with Crippen molar-refractivity contribution in [2.45, 2.75) is 24.5 Å². The molecular formula is C23H21NO6S. The first-order valence-electron chi connectivity index (χ1n) is 9.61. The molecule has 0 amide bonds. The van der Waals surface area contributed by atoms with E-state index in [2.05, 4.69) is 4.72 Å². The summed E-state index contributed by atoms with van der Waals surface area (Å²) in [5, 5.41) is 0. The molecule has 0 saturated heterocycles. The van der Waals surface area contributed by atoms with Gasteiger partial charge in [-0.15, -0.1) is 0 Å². The van der Waals surface area contributed by atoms with Gasteiger partial charge in [0.1, 0.15) is 12.6 Å². The van der Waals surface area contributed by atoms with E-state index >= 15 is 0 Å². The van der Waals surface area contributed by atoms with E-state index in [4.69, 9.17) is 14.2 Å². The summed E-state index contributed by atoms with van der Waals surface area (Å²) in [4.78, 5) is 13.0. The van der Waals surface area contributed by atoms with Crippen LogP contribution in [0.2, 0.25) is 0 Å². The molecule has 160 valence electrons. The number of hydrogen-bond donors (Lipinski definition) is 1. The van der Waals surface area contributed by atoms with Gasteiger partial charge in [-0.3, -0.25) is 0 Å². The van der Waals surface area contributed by atoms with Crippen LogP contribution < -0.4 is 14.2 Å². The van der Waals surface area contributed by atoms with Gasteiger partial charge in [-0.05, 0) is 42.3 Å². The van der Waals surface area contributed by atoms with E-state index in [9.17, 15) is 13.2 Å². The molecule has 1 aliphatic heterocycles. The molecule has 1 N–H and O–H groups in total. The lowest BCUT2D eigenvalue weighted by Crippen LogP contribution is -2.35. The van der Waals surface area contributed by atoms with Gasteiger partial charge >= 0.3 is 5.97 Å². The van der Waals surface area contributed by atoms with E-state index in [0.717, 1.165) is 11.1 Å². The Morgan fingerprint density at radius 1 is 1.00 bits per heavy atom. The Hall–Kier alpha value is -3.36. The summed E-state index contributed by atoms with van der Waals surface area (Å²) in [6.07, 6.45) is 0. The highest BCUT2D eigenvalue weighted by Gasteiger charge is 2.30. The fourth-order valence-electron chi connectivity index (χ4n) is 3.10. The van der Waals surface area contributed by atoms with Crippen LogP contribution in [0.4, 0.5) is 0 Å². The quantitative estimate of drug-likeness (QED) is 0.567. The minimum Gasteiger partial charge on any atom is -0.459 e. The maximum Gasteiger partial charge on any atom is 0.329 e. The summed E-state index contributed by atoms with van der Waals surface area (Å²) >= 11 is 0. The molecule has 0 unspecified atom stereocenters. The average molecular weight is 439 g/mol. The zero-order valence-electron chi connectivity index (χ0n) is 16.8. The Morgan fingerprint density at radius 2 is 1.71 bits per heavy atom. The standard InChI is InChI=1S/C23H21NO6S/c1-16-7-10-19(11-8-16)31(26,27)24-22(18-9-12-20-21(13-18)30-15-29-20)23(25)28-14-17-5-3-2-4-6-17/h2-13,22,24H,14-15H2,1H3/t22-/m0/s1. The molecule has 3 aromatic rings. The molecule has 0 spiro atoms. The van der Waals surface area contributed by atoms with Crippen molar-refractivity contribution < 1.29 is 27.4 Å². The second-order valence-corrected chi connectivity index (χ2v) is 8.79. The molecule has 8 heteroatoms. The summed E-state index contributed by atoms with van der Waals surface area (Å²) in [7, 11) is -3.99. The van der Waals surface area contributed by atoms with Gasteiger partial charge in [-0.25, -0.2) is 13.2 Å². The fourth-order valence-corrected chi connectivity index (χ4v) is 4.27. The second-order valence-electron chi connectivity index (χ2n) is 7.07. The van der Waals surface area contributed by atoms with Crippen molar-refractivity contribution in [3.63, 3.8) is 0 Å².